The smallest absolute Gasteiger partial charge is 0.326 e. The van der Waals surface area contributed by atoms with Crippen molar-refractivity contribution >= 4 is 12.0 Å². The molecule has 4 unspecified atom stereocenters. The van der Waals surface area contributed by atoms with Gasteiger partial charge in [0.15, 0.2) is 0 Å². The monoisotopic (exact) mass is 284 g/mol. The lowest BCUT2D eigenvalue weighted by Gasteiger charge is -2.32. The molecule has 0 saturated heterocycles. The highest BCUT2D eigenvalue weighted by Gasteiger charge is 2.27. The summed E-state index contributed by atoms with van der Waals surface area (Å²) in [5.41, 5.74) is 0. The highest BCUT2D eigenvalue weighted by atomic mass is 16.4. The van der Waals surface area contributed by atoms with Gasteiger partial charge in [0, 0.05) is 6.04 Å². The molecule has 0 aromatic carbocycles. The quantitative estimate of drug-likeness (QED) is 0.726. The van der Waals surface area contributed by atoms with E-state index in [0.29, 0.717) is 18.3 Å². The molecule has 20 heavy (non-hydrogen) atoms. The van der Waals surface area contributed by atoms with Crippen LogP contribution < -0.4 is 10.6 Å². The molecule has 1 aliphatic rings. The fourth-order valence-electron chi connectivity index (χ4n) is 2.76. The second-order valence-corrected chi connectivity index (χ2v) is 6.60. The highest BCUT2D eigenvalue weighted by Crippen LogP contribution is 2.29. The average Bonchev–Trinajstić information content (AvgIpc) is 2.32. The minimum atomic E-state index is -0.973. The van der Waals surface area contributed by atoms with Crippen LogP contribution in [-0.2, 0) is 4.79 Å². The molecule has 1 fully saturated rings. The van der Waals surface area contributed by atoms with E-state index in [0.717, 1.165) is 19.3 Å². The lowest BCUT2D eigenvalue weighted by molar-refractivity contribution is -0.139. The van der Waals surface area contributed by atoms with Crippen LogP contribution in [0.5, 0.6) is 0 Å². The molecule has 0 aliphatic heterocycles. The summed E-state index contributed by atoms with van der Waals surface area (Å²) >= 11 is 0. The van der Waals surface area contributed by atoms with Gasteiger partial charge in [-0.15, -0.1) is 0 Å². The van der Waals surface area contributed by atoms with E-state index in [2.05, 4.69) is 24.5 Å². The predicted molar refractivity (Wildman–Crippen MR) is 78.5 cm³/mol. The summed E-state index contributed by atoms with van der Waals surface area (Å²) in [6, 6.07) is -1.01. The molecule has 3 N–H and O–H groups in total. The molecule has 5 heteroatoms. The maximum Gasteiger partial charge on any atom is 0.326 e. The third kappa shape index (κ3) is 5.39. The summed E-state index contributed by atoms with van der Waals surface area (Å²) in [6.45, 7) is 8.33. The second-order valence-electron chi connectivity index (χ2n) is 6.60. The molecule has 116 valence electrons. The topological polar surface area (TPSA) is 78.4 Å². The maximum absolute atomic E-state index is 11.9. The molecule has 1 saturated carbocycles. The number of carboxylic acids is 1. The summed E-state index contributed by atoms with van der Waals surface area (Å²) in [6.07, 6.45) is 3.50. The van der Waals surface area contributed by atoms with Crippen molar-refractivity contribution in [1.82, 2.24) is 10.6 Å². The molecule has 5 nitrogen and oxygen atoms in total. The highest BCUT2D eigenvalue weighted by molar-refractivity contribution is 5.82. The van der Waals surface area contributed by atoms with E-state index in [4.69, 9.17) is 5.11 Å². The van der Waals surface area contributed by atoms with Gasteiger partial charge < -0.3 is 15.7 Å². The van der Waals surface area contributed by atoms with Crippen LogP contribution in [-0.4, -0.2) is 29.2 Å². The number of hydrogen-bond acceptors (Lipinski definition) is 2. The molecule has 0 spiro atoms. The summed E-state index contributed by atoms with van der Waals surface area (Å²) in [4.78, 5) is 23.0. The average molecular weight is 284 g/mol. The van der Waals surface area contributed by atoms with Gasteiger partial charge in [0.1, 0.15) is 6.04 Å². The fraction of sp³-hybridized carbons (Fsp3) is 0.867. The fourth-order valence-corrected chi connectivity index (χ4v) is 2.76. The molecule has 0 aromatic heterocycles. The van der Waals surface area contributed by atoms with E-state index in [-0.39, 0.29) is 18.0 Å². The normalized spacial score (nSPS) is 27.9. The van der Waals surface area contributed by atoms with Crippen molar-refractivity contribution < 1.29 is 14.7 Å². The first-order chi connectivity index (χ1) is 9.29. The van der Waals surface area contributed by atoms with Crippen LogP contribution in [0.1, 0.15) is 53.4 Å². The van der Waals surface area contributed by atoms with Crippen LogP contribution in [0.4, 0.5) is 4.79 Å². The lowest BCUT2D eigenvalue weighted by Crippen LogP contribution is -2.50. The Labute approximate surface area is 121 Å². The Balaban J connectivity index is 2.43. The van der Waals surface area contributed by atoms with E-state index in [1.165, 1.54) is 0 Å². The predicted octanol–water partition coefficient (Wildman–Crippen LogP) is 2.61. The van der Waals surface area contributed by atoms with Crippen molar-refractivity contribution in [1.29, 1.82) is 0 Å². The molecule has 2 amide bonds. The van der Waals surface area contributed by atoms with Gasteiger partial charge in [-0.05, 0) is 43.4 Å². The zero-order chi connectivity index (χ0) is 15.3. The Morgan fingerprint density at radius 1 is 1.20 bits per heavy atom. The number of aliphatic carboxylic acids is 1. The number of nitrogens with one attached hydrogen (secondary N) is 2. The van der Waals surface area contributed by atoms with E-state index in [1.54, 1.807) is 0 Å². The summed E-state index contributed by atoms with van der Waals surface area (Å²) in [5.74, 6) is 0.551. The van der Waals surface area contributed by atoms with Crippen LogP contribution in [0, 0.1) is 17.8 Å². The van der Waals surface area contributed by atoms with Crippen LogP contribution in [0.15, 0.2) is 0 Å². The number of urea groups is 1. The van der Waals surface area contributed by atoms with Gasteiger partial charge in [-0.2, -0.15) is 0 Å². The first-order valence-corrected chi connectivity index (χ1v) is 7.59. The second kappa shape index (κ2) is 7.50. The van der Waals surface area contributed by atoms with Crippen molar-refractivity contribution in [3.8, 4) is 0 Å². The molecule has 1 aliphatic carbocycles. The van der Waals surface area contributed by atoms with Crippen molar-refractivity contribution in [3.05, 3.63) is 0 Å². The van der Waals surface area contributed by atoms with E-state index in [9.17, 15) is 9.59 Å². The number of carbonyl (C=O) groups excluding carboxylic acids is 1. The number of amides is 2. The zero-order valence-electron chi connectivity index (χ0n) is 13.0. The zero-order valence-corrected chi connectivity index (χ0v) is 13.0. The Bertz CT molecular complexity index is 344. The third-order valence-corrected chi connectivity index (χ3v) is 4.24. The standard InChI is InChI=1S/C15H28N2O3/c1-9(2)7-13(14(18)19)17-15(20)16-12-6-5-10(3)11(4)8-12/h9-13H,5-8H2,1-4H3,(H,18,19)(H2,16,17,20). The van der Waals surface area contributed by atoms with Crippen LogP contribution in [0.3, 0.4) is 0 Å². The maximum atomic E-state index is 11.9. The van der Waals surface area contributed by atoms with Crippen molar-refractivity contribution in [2.45, 2.75) is 65.5 Å². The molecule has 0 bridgehead atoms. The van der Waals surface area contributed by atoms with Crippen molar-refractivity contribution in [2.24, 2.45) is 17.8 Å². The molecular weight excluding hydrogens is 256 g/mol. The number of carboxylic acid groups (broad SMARTS) is 1. The summed E-state index contributed by atoms with van der Waals surface area (Å²) < 4.78 is 0. The minimum Gasteiger partial charge on any atom is -0.480 e. The van der Waals surface area contributed by atoms with Crippen molar-refractivity contribution in [3.63, 3.8) is 0 Å². The molecular formula is C15H28N2O3. The van der Waals surface area contributed by atoms with Gasteiger partial charge in [-0.25, -0.2) is 9.59 Å². The van der Waals surface area contributed by atoms with E-state index < -0.39 is 12.0 Å². The first-order valence-electron chi connectivity index (χ1n) is 7.59. The van der Waals surface area contributed by atoms with Crippen LogP contribution >= 0.6 is 0 Å². The van der Waals surface area contributed by atoms with Gasteiger partial charge >= 0.3 is 12.0 Å². The number of rotatable bonds is 5. The van der Waals surface area contributed by atoms with E-state index in [1.807, 2.05) is 13.8 Å². The van der Waals surface area contributed by atoms with Gasteiger partial charge in [0.25, 0.3) is 0 Å². The van der Waals surface area contributed by atoms with Crippen LogP contribution in [0.2, 0.25) is 0 Å². The van der Waals surface area contributed by atoms with Gasteiger partial charge in [-0.3, -0.25) is 0 Å². The Morgan fingerprint density at radius 3 is 2.35 bits per heavy atom. The van der Waals surface area contributed by atoms with Crippen LogP contribution in [0.25, 0.3) is 0 Å². The van der Waals surface area contributed by atoms with Crippen molar-refractivity contribution in [2.75, 3.05) is 0 Å². The number of carbonyl (C=O) groups is 2. The first kappa shape index (κ1) is 16.8. The van der Waals surface area contributed by atoms with E-state index >= 15 is 0 Å². The Hall–Kier alpha value is -1.26. The summed E-state index contributed by atoms with van der Waals surface area (Å²) in [7, 11) is 0. The molecule has 0 aromatic rings. The van der Waals surface area contributed by atoms with Gasteiger partial charge in [0.05, 0.1) is 0 Å². The van der Waals surface area contributed by atoms with Gasteiger partial charge in [-0.1, -0.05) is 27.7 Å². The molecule has 0 heterocycles. The Morgan fingerprint density at radius 2 is 1.85 bits per heavy atom. The minimum absolute atomic E-state index is 0.162. The SMILES string of the molecule is CC(C)CC(NC(=O)NC1CCC(C)C(C)C1)C(=O)O. The molecule has 1 rings (SSSR count). The Kier molecular flexibility index (Phi) is 6.30. The molecule has 0 radical (unpaired) electrons. The summed E-state index contributed by atoms with van der Waals surface area (Å²) in [5, 5.41) is 14.6. The largest absolute Gasteiger partial charge is 0.480 e. The molecule has 4 atom stereocenters. The third-order valence-electron chi connectivity index (χ3n) is 4.24. The lowest BCUT2D eigenvalue weighted by atomic mass is 9.79. The van der Waals surface area contributed by atoms with Gasteiger partial charge in [0.2, 0.25) is 0 Å². The number of hydrogen-bond donors (Lipinski definition) is 3.